The third kappa shape index (κ3) is 2.37. The predicted molar refractivity (Wildman–Crippen MR) is 34.1 cm³/mol. The maximum Gasteiger partial charge on any atom is 0.433 e. The monoisotopic (exact) mass is 233 g/mol. The highest BCUT2D eigenvalue weighted by atomic mass is 19.4. The Morgan fingerprint density at radius 3 is 2.07 bits per heavy atom. The Hall–Kier alpha value is -1.34. The van der Waals surface area contributed by atoms with Gasteiger partial charge in [0.15, 0.2) is 5.82 Å². The first kappa shape index (κ1) is 11.7. The lowest BCUT2D eigenvalue weighted by Gasteiger charge is -2.08. The van der Waals surface area contributed by atoms with E-state index in [4.69, 9.17) is 0 Å². The molecule has 0 spiro atoms. The van der Waals surface area contributed by atoms with Crippen molar-refractivity contribution in [1.82, 2.24) is 4.98 Å². The van der Waals surface area contributed by atoms with Crippen LogP contribution >= 0.6 is 0 Å². The molecule has 0 atom stereocenters. The zero-order valence-corrected chi connectivity index (χ0v) is 6.75. The second-order valence-corrected chi connectivity index (χ2v) is 2.50. The molecule has 1 aromatic rings. The second-order valence-electron chi connectivity index (χ2n) is 2.50. The van der Waals surface area contributed by atoms with Gasteiger partial charge in [-0.3, -0.25) is 0 Å². The van der Waals surface area contributed by atoms with Crippen molar-refractivity contribution >= 4 is 0 Å². The van der Waals surface area contributed by atoms with Crippen LogP contribution in [0.3, 0.4) is 0 Å². The van der Waals surface area contributed by atoms with Crippen molar-refractivity contribution in [3.8, 4) is 0 Å². The number of aromatic nitrogens is 1. The van der Waals surface area contributed by atoms with E-state index in [1.807, 2.05) is 0 Å². The molecule has 1 nitrogen and oxygen atoms in total. The highest BCUT2D eigenvalue weighted by molar-refractivity contribution is 5.22. The molecule has 0 aliphatic heterocycles. The van der Waals surface area contributed by atoms with Crippen LogP contribution in [0.1, 0.15) is 17.7 Å². The van der Waals surface area contributed by atoms with Gasteiger partial charge in [0.05, 0.1) is 5.56 Å². The van der Waals surface area contributed by atoms with Gasteiger partial charge in [-0.1, -0.05) is 0 Å². The highest BCUT2D eigenvalue weighted by Gasteiger charge is 2.35. The molecular formula is C7H2F7N. The molecule has 0 radical (unpaired) electrons. The molecule has 0 amide bonds. The van der Waals surface area contributed by atoms with Crippen LogP contribution in [0.25, 0.3) is 0 Å². The van der Waals surface area contributed by atoms with Gasteiger partial charge in [0.25, 0.3) is 6.43 Å². The summed E-state index contributed by atoms with van der Waals surface area (Å²) < 4.78 is 84.7. The van der Waals surface area contributed by atoms with Gasteiger partial charge >= 0.3 is 6.18 Å². The molecule has 0 saturated heterocycles. The molecule has 1 rings (SSSR count). The van der Waals surface area contributed by atoms with Gasteiger partial charge < -0.3 is 0 Å². The number of hydrogen-bond donors (Lipinski definition) is 0. The molecule has 0 unspecified atom stereocenters. The van der Waals surface area contributed by atoms with E-state index in [-0.39, 0.29) is 6.07 Å². The molecule has 1 aromatic heterocycles. The summed E-state index contributed by atoms with van der Waals surface area (Å²) in [5.41, 5.74) is -3.55. The number of nitrogens with zero attached hydrogens (tertiary/aromatic N) is 1. The van der Waals surface area contributed by atoms with Crippen LogP contribution in [0.5, 0.6) is 0 Å². The summed E-state index contributed by atoms with van der Waals surface area (Å²) in [4.78, 5) is 2.19. The van der Waals surface area contributed by atoms with E-state index in [1.54, 1.807) is 0 Å². The Kier molecular flexibility index (Phi) is 2.87. The van der Waals surface area contributed by atoms with Crippen molar-refractivity contribution in [3.63, 3.8) is 0 Å². The summed E-state index contributed by atoms with van der Waals surface area (Å²) in [6.07, 6.45) is -8.64. The number of rotatable bonds is 1. The van der Waals surface area contributed by atoms with Gasteiger partial charge in [0.2, 0.25) is 5.95 Å². The van der Waals surface area contributed by atoms with Crippen LogP contribution in [-0.4, -0.2) is 4.98 Å². The molecule has 84 valence electrons. The molecule has 1 heterocycles. The van der Waals surface area contributed by atoms with E-state index in [1.165, 1.54) is 0 Å². The zero-order valence-electron chi connectivity index (χ0n) is 6.75. The molecule has 0 aliphatic rings. The van der Waals surface area contributed by atoms with Crippen molar-refractivity contribution in [3.05, 3.63) is 29.1 Å². The van der Waals surface area contributed by atoms with E-state index in [9.17, 15) is 30.7 Å². The summed E-state index contributed by atoms with van der Waals surface area (Å²) in [5, 5.41) is 0. The maximum atomic E-state index is 12.5. The first-order valence-corrected chi connectivity index (χ1v) is 3.44. The van der Waals surface area contributed by atoms with Gasteiger partial charge in [-0.2, -0.15) is 17.6 Å². The second kappa shape index (κ2) is 3.67. The topological polar surface area (TPSA) is 12.9 Å². The largest absolute Gasteiger partial charge is 0.433 e. The standard InChI is InChI=1S/C7H2F7N/c8-4-2(5(9)10)1-3(7(12,13)14)15-6(4)11/h1,5H. The van der Waals surface area contributed by atoms with E-state index in [0.29, 0.717) is 0 Å². The first-order chi connectivity index (χ1) is 6.73. The van der Waals surface area contributed by atoms with E-state index in [2.05, 4.69) is 4.98 Å². The fourth-order valence-electron chi connectivity index (χ4n) is 0.821. The first-order valence-electron chi connectivity index (χ1n) is 3.44. The predicted octanol–water partition coefficient (Wildman–Crippen LogP) is 3.32. The number of alkyl halides is 5. The summed E-state index contributed by atoms with van der Waals surface area (Å²) in [6.45, 7) is 0. The average molecular weight is 233 g/mol. The van der Waals surface area contributed by atoms with Gasteiger partial charge in [0.1, 0.15) is 5.69 Å². The van der Waals surface area contributed by atoms with Crippen LogP contribution < -0.4 is 0 Å². The Balaban J connectivity index is 3.36. The molecule has 0 aromatic carbocycles. The molecule has 0 fully saturated rings. The molecule has 8 heteroatoms. The Morgan fingerprint density at radius 1 is 1.13 bits per heavy atom. The smallest absolute Gasteiger partial charge is 0.213 e. The SMILES string of the molecule is Fc1nc(C(F)(F)F)cc(C(F)F)c1F. The zero-order chi connectivity index (χ0) is 11.8. The van der Waals surface area contributed by atoms with Gasteiger partial charge in [-0.05, 0) is 6.07 Å². The van der Waals surface area contributed by atoms with Gasteiger partial charge in [0, 0.05) is 0 Å². The van der Waals surface area contributed by atoms with Crippen LogP contribution in [0.15, 0.2) is 6.07 Å². The minimum atomic E-state index is -5.10. The summed E-state index contributed by atoms with van der Waals surface area (Å²) in [6, 6.07) is -0.219. The van der Waals surface area contributed by atoms with Crippen molar-refractivity contribution < 1.29 is 30.7 Å². The fraction of sp³-hybridized carbons (Fsp3) is 0.286. The third-order valence-corrected chi connectivity index (χ3v) is 1.47. The normalized spacial score (nSPS) is 12.3. The van der Waals surface area contributed by atoms with E-state index in [0.717, 1.165) is 0 Å². The van der Waals surface area contributed by atoms with Crippen LogP contribution in [0.2, 0.25) is 0 Å². The van der Waals surface area contributed by atoms with Crippen molar-refractivity contribution in [2.24, 2.45) is 0 Å². The van der Waals surface area contributed by atoms with E-state index >= 15 is 0 Å². The average Bonchev–Trinajstić information content (AvgIpc) is 2.06. The third-order valence-electron chi connectivity index (χ3n) is 1.47. The maximum absolute atomic E-state index is 12.5. The van der Waals surface area contributed by atoms with Gasteiger partial charge in [-0.15, -0.1) is 0 Å². The molecule has 0 aliphatic carbocycles. The van der Waals surface area contributed by atoms with Crippen LogP contribution in [0, 0.1) is 11.8 Å². The summed E-state index contributed by atoms with van der Waals surface area (Å²) >= 11 is 0. The number of halogens is 7. The van der Waals surface area contributed by atoms with Crippen LogP contribution in [0.4, 0.5) is 30.7 Å². The molecule has 0 bridgehead atoms. The lowest BCUT2D eigenvalue weighted by Crippen LogP contribution is -2.12. The molecule has 15 heavy (non-hydrogen) atoms. The Bertz CT molecular complexity index is 370. The van der Waals surface area contributed by atoms with Crippen molar-refractivity contribution in [1.29, 1.82) is 0 Å². The molecule has 0 saturated carbocycles. The molecule has 0 N–H and O–H groups in total. The fourth-order valence-corrected chi connectivity index (χ4v) is 0.821. The highest BCUT2D eigenvalue weighted by Crippen LogP contribution is 2.32. The van der Waals surface area contributed by atoms with Crippen LogP contribution in [-0.2, 0) is 6.18 Å². The number of pyridine rings is 1. The minimum Gasteiger partial charge on any atom is -0.213 e. The van der Waals surface area contributed by atoms with Crippen molar-refractivity contribution in [2.75, 3.05) is 0 Å². The summed E-state index contributed by atoms with van der Waals surface area (Å²) in [7, 11) is 0. The van der Waals surface area contributed by atoms with Crippen molar-refractivity contribution in [2.45, 2.75) is 12.6 Å². The summed E-state index contributed by atoms with van der Waals surface area (Å²) in [5.74, 6) is -4.27. The number of hydrogen-bond acceptors (Lipinski definition) is 1. The minimum absolute atomic E-state index is 0.219. The lowest BCUT2D eigenvalue weighted by atomic mass is 10.2. The van der Waals surface area contributed by atoms with E-state index < -0.39 is 35.6 Å². The molecular weight excluding hydrogens is 231 g/mol. The van der Waals surface area contributed by atoms with Gasteiger partial charge in [-0.25, -0.2) is 18.2 Å². The Morgan fingerprint density at radius 2 is 1.67 bits per heavy atom. The lowest BCUT2D eigenvalue weighted by molar-refractivity contribution is -0.141. The quantitative estimate of drug-likeness (QED) is 0.535. The Labute approximate surface area is 78.5 Å².